The Morgan fingerprint density at radius 3 is 2.69 bits per heavy atom. The molecule has 2 saturated carbocycles. The molecule has 3 nitrogen and oxygen atoms in total. The molecule has 0 spiro atoms. The van der Waals surface area contributed by atoms with Crippen LogP contribution in [0.4, 0.5) is 0 Å². The van der Waals surface area contributed by atoms with Gasteiger partial charge in [0, 0.05) is 25.6 Å². The monoisotopic (exact) mass is 222 g/mol. The highest BCUT2D eigenvalue weighted by Crippen LogP contribution is 2.49. The number of amides is 1. The highest BCUT2D eigenvalue weighted by Gasteiger charge is 2.40. The number of nitrogens with two attached hydrogens (primary N) is 1. The fourth-order valence-electron chi connectivity index (χ4n) is 3.99. The van der Waals surface area contributed by atoms with Crippen LogP contribution in [0.25, 0.3) is 0 Å². The Kier molecular flexibility index (Phi) is 2.66. The highest BCUT2D eigenvalue weighted by molar-refractivity contribution is 5.76. The van der Waals surface area contributed by atoms with Crippen LogP contribution in [-0.2, 0) is 4.79 Å². The molecule has 16 heavy (non-hydrogen) atoms. The molecule has 3 aliphatic rings. The van der Waals surface area contributed by atoms with Crippen LogP contribution in [0.3, 0.4) is 0 Å². The predicted octanol–water partition coefficient (Wildman–Crippen LogP) is 1.37. The minimum atomic E-state index is 0.226. The van der Waals surface area contributed by atoms with E-state index < -0.39 is 0 Å². The Balaban J connectivity index is 1.53. The fourth-order valence-corrected chi connectivity index (χ4v) is 3.99. The number of likely N-dealkylation sites (tertiary alicyclic amines) is 1. The zero-order valence-corrected chi connectivity index (χ0v) is 9.90. The topological polar surface area (TPSA) is 46.3 Å². The van der Waals surface area contributed by atoms with Crippen LogP contribution in [0.5, 0.6) is 0 Å². The molecule has 3 rings (SSSR count). The maximum Gasteiger partial charge on any atom is 0.222 e. The summed E-state index contributed by atoms with van der Waals surface area (Å²) < 4.78 is 0. The third-order valence-electron chi connectivity index (χ3n) is 4.90. The van der Waals surface area contributed by atoms with Crippen molar-refractivity contribution in [3.8, 4) is 0 Å². The lowest BCUT2D eigenvalue weighted by Crippen LogP contribution is -2.33. The normalized spacial score (nSPS) is 41.9. The summed E-state index contributed by atoms with van der Waals surface area (Å²) in [6.45, 7) is 1.68. The van der Waals surface area contributed by atoms with Crippen molar-refractivity contribution < 1.29 is 4.79 Å². The summed E-state index contributed by atoms with van der Waals surface area (Å²) in [7, 11) is 0. The summed E-state index contributed by atoms with van der Waals surface area (Å²) >= 11 is 0. The van der Waals surface area contributed by atoms with Crippen LogP contribution in [0.2, 0.25) is 0 Å². The van der Waals surface area contributed by atoms with Crippen molar-refractivity contribution in [3.05, 3.63) is 0 Å². The second-order valence-electron chi connectivity index (χ2n) is 6.03. The molecule has 3 unspecified atom stereocenters. The number of hydrogen-bond acceptors (Lipinski definition) is 2. The minimum Gasteiger partial charge on any atom is -0.341 e. The van der Waals surface area contributed by atoms with E-state index in [1.54, 1.807) is 0 Å². The van der Waals surface area contributed by atoms with Crippen LogP contribution in [-0.4, -0.2) is 29.9 Å². The third-order valence-corrected chi connectivity index (χ3v) is 4.90. The highest BCUT2D eigenvalue weighted by atomic mass is 16.2. The molecule has 90 valence electrons. The molecule has 2 N–H and O–H groups in total. The molecule has 4 atom stereocenters. The zero-order chi connectivity index (χ0) is 11.1. The molecule has 0 aromatic carbocycles. The van der Waals surface area contributed by atoms with Crippen LogP contribution in [0.1, 0.15) is 38.5 Å². The molecular weight excluding hydrogens is 200 g/mol. The number of fused-ring (bicyclic) bond motifs is 2. The van der Waals surface area contributed by atoms with E-state index in [1.807, 2.05) is 4.90 Å². The SMILES string of the molecule is N[C@H]1CCN(C(=O)CC2CC3CCC2C3)C1. The summed E-state index contributed by atoms with van der Waals surface area (Å²) in [5.41, 5.74) is 5.84. The van der Waals surface area contributed by atoms with E-state index in [4.69, 9.17) is 5.73 Å². The first kappa shape index (κ1) is 10.6. The molecule has 3 fully saturated rings. The second-order valence-corrected chi connectivity index (χ2v) is 6.03. The van der Waals surface area contributed by atoms with Gasteiger partial charge in [-0.3, -0.25) is 4.79 Å². The van der Waals surface area contributed by atoms with Crippen molar-refractivity contribution in [2.75, 3.05) is 13.1 Å². The summed E-state index contributed by atoms with van der Waals surface area (Å²) in [6, 6.07) is 0.226. The van der Waals surface area contributed by atoms with Crippen molar-refractivity contribution in [3.63, 3.8) is 0 Å². The van der Waals surface area contributed by atoms with E-state index >= 15 is 0 Å². The maximum atomic E-state index is 12.1. The Labute approximate surface area is 97.4 Å². The number of carbonyl (C=O) groups is 1. The van der Waals surface area contributed by atoms with Crippen LogP contribution >= 0.6 is 0 Å². The van der Waals surface area contributed by atoms with E-state index in [0.717, 1.165) is 37.8 Å². The van der Waals surface area contributed by atoms with E-state index in [9.17, 15) is 4.79 Å². The van der Waals surface area contributed by atoms with Gasteiger partial charge in [0.05, 0.1) is 0 Å². The Bertz CT molecular complexity index is 292. The molecule has 0 aromatic rings. The third kappa shape index (κ3) is 1.86. The average molecular weight is 222 g/mol. The van der Waals surface area contributed by atoms with Gasteiger partial charge in [-0.2, -0.15) is 0 Å². The van der Waals surface area contributed by atoms with E-state index in [1.165, 1.54) is 25.7 Å². The van der Waals surface area contributed by atoms with Gasteiger partial charge in [0.2, 0.25) is 5.91 Å². The van der Waals surface area contributed by atoms with E-state index in [2.05, 4.69) is 0 Å². The number of nitrogens with zero attached hydrogens (tertiary/aromatic N) is 1. The first-order chi connectivity index (χ1) is 7.72. The van der Waals surface area contributed by atoms with Crippen molar-refractivity contribution in [1.29, 1.82) is 0 Å². The number of hydrogen-bond donors (Lipinski definition) is 1. The largest absolute Gasteiger partial charge is 0.341 e. The molecular formula is C13H22N2O. The molecule has 1 aliphatic heterocycles. The second kappa shape index (κ2) is 4.02. The Hall–Kier alpha value is -0.570. The van der Waals surface area contributed by atoms with Crippen molar-refractivity contribution >= 4 is 5.91 Å². The van der Waals surface area contributed by atoms with Crippen LogP contribution in [0, 0.1) is 17.8 Å². The van der Waals surface area contributed by atoms with Gasteiger partial charge in [0.15, 0.2) is 0 Å². The predicted molar refractivity (Wildman–Crippen MR) is 62.7 cm³/mol. The Morgan fingerprint density at radius 1 is 1.25 bits per heavy atom. The first-order valence-corrected chi connectivity index (χ1v) is 6.75. The van der Waals surface area contributed by atoms with E-state index in [-0.39, 0.29) is 6.04 Å². The average Bonchev–Trinajstić information content (AvgIpc) is 2.92. The Morgan fingerprint density at radius 2 is 2.12 bits per heavy atom. The number of rotatable bonds is 2. The fraction of sp³-hybridized carbons (Fsp3) is 0.923. The van der Waals surface area contributed by atoms with E-state index in [0.29, 0.717) is 11.8 Å². The lowest BCUT2D eigenvalue weighted by molar-refractivity contribution is -0.131. The summed E-state index contributed by atoms with van der Waals surface area (Å²) in [5.74, 6) is 2.88. The lowest BCUT2D eigenvalue weighted by atomic mass is 9.86. The molecule has 2 bridgehead atoms. The minimum absolute atomic E-state index is 0.226. The molecule has 1 saturated heterocycles. The summed E-state index contributed by atoms with van der Waals surface area (Å²) in [4.78, 5) is 14.1. The van der Waals surface area contributed by atoms with Gasteiger partial charge in [0.1, 0.15) is 0 Å². The van der Waals surface area contributed by atoms with Gasteiger partial charge < -0.3 is 10.6 Å². The standard InChI is InChI=1S/C13H22N2O/c14-12-3-4-15(8-12)13(16)7-11-6-9-1-2-10(11)5-9/h9-12H,1-8,14H2/t9?,10?,11?,12-/m0/s1. The molecule has 1 heterocycles. The van der Waals surface area contributed by atoms with Crippen LogP contribution < -0.4 is 5.73 Å². The van der Waals surface area contributed by atoms with Gasteiger partial charge in [-0.25, -0.2) is 0 Å². The molecule has 1 amide bonds. The quantitative estimate of drug-likeness (QED) is 0.767. The van der Waals surface area contributed by atoms with Gasteiger partial charge in [-0.15, -0.1) is 0 Å². The van der Waals surface area contributed by atoms with Gasteiger partial charge in [-0.1, -0.05) is 6.42 Å². The molecule has 2 aliphatic carbocycles. The summed E-state index contributed by atoms with van der Waals surface area (Å²) in [6.07, 6.45) is 7.30. The smallest absolute Gasteiger partial charge is 0.222 e. The van der Waals surface area contributed by atoms with Crippen LogP contribution in [0.15, 0.2) is 0 Å². The first-order valence-electron chi connectivity index (χ1n) is 6.75. The van der Waals surface area contributed by atoms with Gasteiger partial charge in [-0.05, 0) is 43.4 Å². The van der Waals surface area contributed by atoms with Gasteiger partial charge in [0.25, 0.3) is 0 Å². The summed E-state index contributed by atoms with van der Waals surface area (Å²) in [5, 5.41) is 0. The molecule has 0 radical (unpaired) electrons. The molecule has 3 heteroatoms. The lowest BCUT2D eigenvalue weighted by Gasteiger charge is -2.24. The zero-order valence-electron chi connectivity index (χ0n) is 9.90. The molecule has 0 aromatic heterocycles. The maximum absolute atomic E-state index is 12.1. The van der Waals surface area contributed by atoms with Crippen molar-refractivity contribution in [2.24, 2.45) is 23.5 Å². The van der Waals surface area contributed by atoms with Crippen molar-refractivity contribution in [1.82, 2.24) is 4.90 Å². The number of carbonyl (C=O) groups excluding carboxylic acids is 1. The van der Waals surface area contributed by atoms with Crippen molar-refractivity contribution in [2.45, 2.75) is 44.6 Å². The van der Waals surface area contributed by atoms with Gasteiger partial charge >= 0.3 is 0 Å².